The molecule has 2 N–H and O–H groups in total. The number of aromatic amines is 1. The summed E-state index contributed by atoms with van der Waals surface area (Å²) in [6, 6.07) is 17.2. The van der Waals surface area contributed by atoms with Crippen LogP contribution in [0.1, 0.15) is 27.2 Å². The molecule has 146 valence electrons. The van der Waals surface area contributed by atoms with Gasteiger partial charge in [-0.15, -0.1) is 0 Å². The second kappa shape index (κ2) is 7.39. The average Bonchev–Trinajstić information content (AvgIpc) is 3.08. The van der Waals surface area contributed by atoms with Gasteiger partial charge in [0.2, 0.25) is 0 Å². The molecule has 0 unspecified atom stereocenters. The van der Waals surface area contributed by atoms with Gasteiger partial charge in [-0.25, -0.2) is 4.39 Å². The summed E-state index contributed by atoms with van der Waals surface area (Å²) in [5, 5.41) is 18.4. The van der Waals surface area contributed by atoms with Crippen molar-refractivity contribution in [2.24, 2.45) is 0 Å². The number of aryl methyl sites for hydroxylation is 1. The summed E-state index contributed by atoms with van der Waals surface area (Å²) in [7, 11) is 1.48. The highest BCUT2D eigenvalue weighted by atomic mass is 19.1. The maximum Gasteiger partial charge on any atom is 0.261 e. The minimum absolute atomic E-state index is 0.0927. The van der Waals surface area contributed by atoms with Crippen LogP contribution in [-0.2, 0) is 6.42 Å². The Kier molecular flexibility index (Phi) is 4.76. The van der Waals surface area contributed by atoms with Gasteiger partial charge in [0.25, 0.3) is 5.91 Å². The van der Waals surface area contributed by atoms with E-state index in [0.717, 1.165) is 22.2 Å². The largest absolute Gasteiger partial charge is 0.507 e. The molecule has 0 fully saturated rings. The lowest BCUT2D eigenvalue weighted by atomic mass is 10.0. The van der Waals surface area contributed by atoms with Crippen LogP contribution in [0.2, 0.25) is 0 Å². The Bertz CT molecular complexity index is 1220. The third kappa shape index (κ3) is 3.57. The third-order valence-corrected chi connectivity index (χ3v) is 4.96. The molecule has 4 rings (SSSR count). The number of rotatable bonds is 4. The van der Waals surface area contributed by atoms with Crippen molar-refractivity contribution in [1.82, 2.24) is 10.2 Å². The number of hydrogen-bond acceptors (Lipinski definition) is 3. The molecular formula is C23H20FN3O2. The first-order chi connectivity index (χ1) is 13.9. The predicted molar refractivity (Wildman–Crippen MR) is 111 cm³/mol. The number of nitrogens with zero attached hydrogens (tertiary/aromatic N) is 2. The maximum atomic E-state index is 14.1. The zero-order valence-electron chi connectivity index (χ0n) is 16.1. The fraction of sp³-hybridized carbons (Fsp3) is 0.130. The molecule has 29 heavy (non-hydrogen) atoms. The van der Waals surface area contributed by atoms with Gasteiger partial charge in [-0.2, -0.15) is 5.10 Å². The standard InChI is InChI=1S/C23H20FN3O2/c1-14-6-5-7-15(10-14)11-19-16-12-17(22(28)13-20(16)26-25-19)23(29)27(2)21-9-4-3-8-18(21)24/h3-10,12-13,28H,11H2,1-2H3,(H,25,26). The summed E-state index contributed by atoms with van der Waals surface area (Å²) < 4.78 is 14.1. The lowest BCUT2D eigenvalue weighted by Crippen LogP contribution is -2.27. The van der Waals surface area contributed by atoms with Gasteiger partial charge in [0.1, 0.15) is 11.6 Å². The Morgan fingerprint density at radius 2 is 1.93 bits per heavy atom. The van der Waals surface area contributed by atoms with Crippen LogP contribution in [0.5, 0.6) is 5.75 Å². The number of carbonyl (C=O) groups is 1. The number of hydrogen-bond donors (Lipinski definition) is 2. The Morgan fingerprint density at radius 1 is 1.14 bits per heavy atom. The third-order valence-electron chi connectivity index (χ3n) is 4.96. The van der Waals surface area contributed by atoms with E-state index in [4.69, 9.17) is 0 Å². The van der Waals surface area contributed by atoms with E-state index in [9.17, 15) is 14.3 Å². The second-order valence-corrected chi connectivity index (χ2v) is 7.07. The summed E-state index contributed by atoms with van der Waals surface area (Å²) in [5.41, 5.74) is 3.90. The smallest absolute Gasteiger partial charge is 0.261 e. The summed E-state index contributed by atoms with van der Waals surface area (Å²) in [4.78, 5) is 14.2. The number of aromatic hydroxyl groups is 1. The minimum atomic E-state index is -0.507. The molecule has 3 aromatic carbocycles. The van der Waals surface area contributed by atoms with E-state index < -0.39 is 11.7 Å². The summed E-state index contributed by atoms with van der Waals surface area (Å²) >= 11 is 0. The lowest BCUT2D eigenvalue weighted by Gasteiger charge is -2.18. The molecule has 4 aromatic rings. The number of phenols is 1. The van der Waals surface area contributed by atoms with Gasteiger partial charge in [-0.1, -0.05) is 42.0 Å². The number of phenolic OH excluding ortho intramolecular Hbond substituents is 1. The number of halogens is 1. The molecule has 0 saturated heterocycles. The average molecular weight is 389 g/mol. The van der Waals surface area contributed by atoms with Gasteiger partial charge in [0.05, 0.1) is 22.5 Å². The highest BCUT2D eigenvalue weighted by molar-refractivity contribution is 6.09. The van der Waals surface area contributed by atoms with E-state index in [1.807, 2.05) is 25.1 Å². The topological polar surface area (TPSA) is 69.2 Å². The van der Waals surface area contributed by atoms with Crippen molar-refractivity contribution in [3.05, 3.63) is 88.9 Å². The predicted octanol–water partition coefficient (Wildman–Crippen LogP) is 4.58. The van der Waals surface area contributed by atoms with Crippen LogP contribution < -0.4 is 4.90 Å². The van der Waals surface area contributed by atoms with Gasteiger partial charge >= 0.3 is 0 Å². The molecule has 0 aliphatic carbocycles. The number of fused-ring (bicyclic) bond motifs is 1. The van der Waals surface area contributed by atoms with Gasteiger partial charge in [0, 0.05) is 24.9 Å². The van der Waals surface area contributed by atoms with Crippen LogP contribution in [0.25, 0.3) is 10.9 Å². The highest BCUT2D eigenvalue weighted by Gasteiger charge is 2.21. The molecule has 5 nitrogen and oxygen atoms in total. The monoisotopic (exact) mass is 389 g/mol. The maximum absolute atomic E-state index is 14.1. The Hall–Kier alpha value is -3.67. The van der Waals surface area contributed by atoms with Gasteiger partial charge < -0.3 is 10.0 Å². The lowest BCUT2D eigenvalue weighted by molar-refractivity contribution is 0.0990. The molecule has 0 aliphatic heterocycles. The van der Waals surface area contributed by atoms with E-state index in [-0.39, 0.29) is 17.0 Å². The molecule has 0 bridgehead atoms. The zero-order valence-corrected chi connectivity index (χ0v) is 16.1. The molecule has 0 aliphatic rings. The fourth-order valence-corrected chi connectivity index (χ4v) is 3.44. The highest BCUT2D eigenvalue weighted by Crippen LogP contribution is 2.29. The number of anilines is 1. The van der Waals surface area contributed by atoms with Gasteiger partial charge in [0.15, 0.2) is 0 Å². The molecule has 0 radical (unpaired) electrons. The first kappa shape index (κ1) is 18.7. The van der Waals surface area contributed by atoms with E-state index in [0.29, 0.717) is 11.9 Å². The Labute approximate surface area is 167 Å². The van der Waals surface area contributed by atoms with E-state index >= 15 is 0 Å². The van der Waals surface area contributed by atoms with E-state index in [1.165, 1.54) is 30.1 Å². The fourth-order valence-electron chi connectivity index (χ4n) is 3.44. The summed E-state index contributed by atoms with van der Waals surface area (Å²) in [5.74, 6) is -1.19. The van der Waals surface area contributed by atoms with Crippen molar-refractivity contribution >= 4 is 22.5 Å². The number of amides is 1. The molecule has 0 atom stereocenters. The van der Waals surface area contributed by atoms with Crippen molar-refractivity contribution in [3.63, 3.8) is 0 Å². The quantitative estimate of drug-likeness (QED) is 0.537. The number of aromatic nitrogens is 2. The van der Waals surface area contributed by atoms with E-state index in [2.05, 4.69) is 16.3 Å². The van der Waals surface area contributed by atoms with Crippen molar-refractivity contribution in [2.75, 3.05) is 11.9 Å². The van der Waals surface area contributed by atoms with E-state index in [1.54, 1.807) is 18.2 Å². The van der Waals surface area contributed by atoms with Crippen molar-refractivity contribution in [3.8, 4) is 5.75 Å². The van der Waals surface area contributed by atoms with Gasteiger partial charge in [-0.3, -0.25) is 9.89 Å². The molecular weight excluding hydrogens is 369 g/mol. The van der Waals surface area contributed by atoms with Crippen LogP contribution >= 0.6 is 0 Å². The van der Waals surface area contributed by atoms with Crippen molar-refractivity contribution < 1.29 is 14.3 Å². The number of benzene rings is 3. The molecule has 1 amide bonds. The Morgan fingerprint density at radius 3 is 2.69 bits per heavy atom. The number of nitrogens with one attached hydrogen (secondary N) is 1. The van der Waals surface area contributed by atoms with Crippen molar-refractivity contribution in [1.29, 1.82) is 0 Å². The minimum Gasteiger partial charge on any atom is -0.507 e. The summed E-state index contributed by atoms with van der Waals surface area (Å²) in [6.07, 6.45) is 0.587. The van der Waals surface area contributed by atoms with Crippen LogP contribution in [0.15, 0.2) is 60.7 Å². The normalized spacial score (nSPS) is 11.0. The zero-order chi connectivity index (χ0) is 20.5. The molecule has 1 heterocycles. The van der Waals surface area contributed by atoms with Crippen LogP contribution in [0.4, 0.5) is 10.1 Å². The second-order valence-electron chi connectivity index (χ2n) is 7.07. The van der Waals surface area contributed by atoms with Crippen LogP contribution in [0.3, 0.4) is 0 Å². The molecule has 0 spiro atoms. The number of carbonyl (C=O) groups excluding carboxylic acids is 1. The molecule has 6 heteroatoms. The van der Waals surface area contributed by atoms with Gasteiger partial charge in [-0.05, 0) is 30.7 Å². The number of H-pyrrole nitrogens is 1. The number of para-hydroxylation sites is 1. The first-order valence-corrected chi connectivity index (χ1v) is 9.22. The first-order valence-electron chi connectivity index (χ1n) is 9.22. The summed E-state index contributed by atoms with van der Waals surface area (Å²) in [6.45, 7) is 2.03. The SMILES string of the molecule is Cc1cccc(Cc2n[nH]c3cc(O)c(C(=O)N(C)c4ccccc4F)cc23)c1. The molecule has 1 aromatic heterocycles. The Balaban J connectivity index is 1.72. The van der Waals surface area contributed by atoms with Crippen LogP contribution in [-0.4, -0.2) is 28.3 Å². The van der Waals surface area contributed by atoms with Crippen LogP contribution in [0, 0.1) is 12.7 Å². The molecule has 0 saturated carbocycles. The van der Waals surface area contributed by atoms with Crippen molar-refractivity contribution in [2.45, 2.75) is 13.3 Å².